The summed E-state index contributed by atoms with van der Waals surface area (Å²) >= 11 is 0. The maximum absolute atomic E-state index is 12.3. The summed E-state index contributed by atoms with van der Waals surface area (Å²) in [5.74, 6) is -0.260. The van der Waals surface area contributed by atoms with Crippen LogP contribution < -0.4 is 10.0 Å². The Morgan fingerprint density at radius 1 is 1.14 bits per heavy atom. The molecule has 3 saturated carbocycles. The standard InChI is InChI=1S/C25H39NO4.C2HF3O2/c1-15(2)18-8-11-23(4)17-13-20-19-7-6-10-25(20,30-16(3)27)26(14-17)22(18)24(19,23)12-9-21(28)29-5;3-2(4,5)1(6)7/h15,17-20,22H,6-14H2,1-5H3;(H,6,7)/t17-,18-,19+,20-,22+,23-,24+,25-;/m1./s1. The highest BCUT2D eigenvalue weighted by molar-refractivity contribution is 5.70. The van der Waals surface area contributed by atoms with Crippen LogP contribution >= 0.6 is 0 Å². The number of hydrogen-bond acceptors (Lipinski definition) is 6. The fourth-order valence-corrected chi connectivity index (χ4v) is 9.98. The Balaban J connectivity index is 0.000000405. The van der Waals surface area contributed by atoms with Gasteiger partial charge >= 0.3 is 18.1 Å². The molecule has 6 aliphatic rings. The van der Waals surface area contributed by atoms with Crippen molar-refractivity contribution in [3.63, 3.8) is 0 Å². The Labute approximate surface area is 216 Å². The molecule has 6 fully saturated rings. The van der Waals surface area contributed by atoms with Gasteiger partial charge in [0.15, 0.2) is 0 Å². The topological polar surface area (TPSA) is 97.2 Å². The van der Waals surface area contributed by atoms with Crippen LogP contribution in [0.4, 0.5) is 13.2 Å². The van der Waals surface area contributed by atoms with Crippen molar-refractivity contribution in [3.05, 3.63) is 0 Å². The number of methoxy groups -OCH3 is 1. The summed E-state index contributed by atoms with van der Waals surface area (Å²) in [4.78, 5) is 35.0. The molecule has 1 unspecified atom stereocenters. The van der Waals surface area contributed by atoms with Crippen molar-refractivity contribution in [1.82, 2.24) is 0 Å². The van der Waals surface area contributed by atoms with Crippen LogP contribution in [0.5, 0.6) is 0 Å². The van der Waals surface area contributed by atoms with E-state index >= 15 is 0 Å². The first-order valence-electron chi connectivity index (χ1n) is 13.6. The zero-order valence-electron chi connectivity index (χ0n) is 22.4. The number of rotatable bonds is 5. The summed E-state index contributed by atoms with van der Waals surface area (Å²) in [6, 6.07) is 0.485. The number of esters is 2. The number of carbonyl (C=O) groups is 3. The van der Waals surface area contributed by atoms with E-state index in [0.29, 0.717) is 47.5 Å². The van der Waals surface area contributed by atoms with Crippen LogP contribution in [0.1, 0.15) is 79.1 Å². The van der Waals surface area contributed by atoms with Crippen LogP contribution in [-0.4, -0.2) is 49.5 Å². The molecule has 0 aromatic rings. The lowest BCUT2D eigenvalue weighted by Crippen LogP contribution is -3.32. The number of halogens is 3. The van der Waals surface area contributed by atoms with E-state index < -0.39 is 12.1 Å². The fraction of sp³-hybridized carbons (Fsp3) is 0.889. The molecule has 8 bridgehead atoms. The van der Waals surface area contributed by atoms with Gasteiger partial charge in [0.1, 0.15) is 12.0 Å². The quantitative estimate of drug-likeness (QED) is 0.547. The van der Waals surface area contributed by atoms with Gasteiger partial charge in [-0.15, -0.1) is 0 Å². The SMILES string of the molecule is COC(=O)CC[C@]12[C@@H]3[C@@H](C(C)C)CC[C@]1(C)[C@@H]1C[C@@H]4[C@@H]2CCC[C@]4(OC(C)=O)[NH+]3C1.O=C([O-])C(F)(F)F. The molecule has 10 heteroatoms. The first kappa shape index (κ1) is 28.2. The Morgan fingerprint density at radius 2 is 1.78 bits per heavy atom. The van der Waals surface area contributed by atoms with E-state index in [1.165, 1.54) is 32.8 Å². The predicted molar refractivity (Wildman–Crippen MR) is 123 cm³/mol. The summed E-state index contributed by atoms with van der Waals surface area (Å²) in [6.45, 7) is 10.1. The molecule has 0 spiro atoms. The van der Waals surface area contributed by atoms with Gasteiger partial charge in [-0.25, -0.2) is 0 Å². The van der Waals surface area contributed by atoms with Crippen LogP contribution in [0.3, 0.4) is 0 Å². The Morgan fingerprint density at radius 3 is 2.32 bits per heavy atom. The number of carboxylic acids is 1. The molecule has 0 radical (unpaired) electrons. The van der Waals surface area contributed by atoms with Gasteiger partial charge in [0, 0.05) is 37.0 Å². The number of carboxylic acid groups (broad SMARTS) is 1. The van der Waals surface area contributed by atoms with E-state index in [2.05, 4.69) is 20.8 Å². The highest BCUT2D eigenvalue weighted by Crippen LogP contribution is 2.74. The van der Waals surface area contributed by atoms with Gasteiger partial charge in [0.05, 0.1) is 19.6 Å². The van der Waals surface area contributed by atoms with E-state index in [0.717, 1.165) is 25.8 Å². The second-order valence-electron chi connectivity index (χ2n) is 12.5. The van der Waals surface area contributed by atoms with E-state index in [9.17, 15) is 22.8 Å². The number of ether oxygens (including phenoxy) is 2. The van der Waals surface area contributed by atoms with Crippen molar-refractivity contribution in [2.24, 2.45) is 40.4 Å². The lowest BCUT2D eigenvalue weighted by molar-refractivity contribution is -1.05. The third-order valence-electron chi connectivity index (χ3n) is 11.1. The minimum absolute atomic E-state index is 0.0689. The van der Waals surface area contributed by atoms with Crippen LogP contribution in [0.2, 0.25) is 0 Å². The molecule has 37 heavy (non-hydrogen) atoms. The van der Waals surface area contributed by atoms with Crippen molar-refractivity contribution in [2.45, 2.75) is 97.0 Å². The maximum Gasteiger partial charge on any atom is 0.430 e. The van der Waals surface area contributed by atoms with Crippen LogP contribution in [0.25, 0.3) is 0 Å². The summed E-state index contributed by atoms with van der Waals surface area (Å²) in [6.07, 6.45) is 3.42. The second-order valence-corrected chi connectivity index (χ2v) is 12.5. The maximum atomic E-state index is 12.3. The molecule has 3 saturated heterocycles. The molecular weight excluding hydrogens is 491 g/mol. The van der Waals surface area contributed by atoms with Gasteiger partial charge in [0.2, 0.25) is 5.72 Å². The molecule has 3 heterocycles. The van der Waals surface area contributed by atoms with Crippen LogP contribution in [0, 0.1) is 40.4 Å². The molecule has 7 nitrogen and oxygen atoms in total. The summed E-state index contributed by atoms with van der Waals surface area (Å²) in [7, 11) is 1.52. The highest BCUT2D eigenvalue weighted by Gasteiger charge is 2.83. The van der Waals surface area contributed by atoms with Gasteiger partial charge in [-0.2, -0.15) is 13.2 Å². The van der Waals surface area contributed by atoms with Crippen LogP contribution in [0.15, 0.2) is 0 Å². The van der Waals surface area contributed by atoms with Crippen molar-refractivity contribution in [3.8, 4) is 0 Å². The van der Waals surface area contributed by atoms with Gasteiger partial charge in [-0.1, -0.05) is 20.8 Å². The molecule has 3 aliphatic heterocycles. The minimum Gasteiger partial charge on any atom is -0.542 e. The lowest BCUT2D eigenvalue weighted by Gasteiger charge is -2.79. The van der Waals surface area contributed by atoms with Crippen molar-refractivity contribution in [2.75, 3.05) is 13.7 Å². The largest absolute Gasteiger partial charge is 0.542 e. The van der Waals surface area contributed by atoms with Gasteiger partial charge in [-0.3, -0.25) is 14.5 Å². The third-order valence-corrected chi connectivity index (χ3v) is 11.1. The average Bonchev–Trinajstić information content (AvgIpc) is 2.79. The van der Waals surface area contributed by atoms with Crippen molar-refractivity contribution >= 4 is 17.9 Å². The van der Waals surface area contributed by atoms with E-state index in [1.807, 2.05) is 0 Å². The van der Waals surface area contributed by atoms with Gasteiger partial charge in [-0.05, 0) is 55.8 Å². The molecule has 0 aromatic heterocycles. The molecule has 3 aliphatic carbocycles. The number of hydrogen-bond donors (Lipinski definition) is 1. The van der Waals surface area contributed by atoms with Gasteiger partial charge in [0.25, 0.3) is 0 Å². The van der Waals surface area contributed by atoms with E-state index in [4.69, 9.17) is 19.4 Å². The number of piperidine rings is 3. The number of aliphatic carboxylic acids is 1. The predicted octanol–water partition coefficient (Wildman–Crippen LogP) is 2.27. The first-order chi connectivity index (χ1) is 17.2. The highest BCUT2D eigenvalue weighted by atomic mass is 19.4. The Bertz CT molecular complexity index is 940. The molecule has 0 amide bonds. The molecule has 0 aromatic carbocycles. The van der Waals surface area contributed by atoms with Crippen molar-refractivity contribution < 1.29 is 47.0 Å². The number of nitrogens with one attached hydrogen (secondary N) is 1. The number of alkyl halides is 3. The smallest absolute Gasteiger partial charge is 0.430 e. The van der Waals surface area contributed by atoms with E-state index in [1.54, 1.807) is 11.8 Å². The molecular formula is C27H40F3NO6. The van der Waals surface area contributed by atoms with E-state index in [-0.39, 0.29) is 23.1 Å². The molecule has 6 rings (SSSR count). The van der Waals surface area contributed by atoms with Crippen molar-refractivity contribution in [1.29, 1.82) is 0 Å². The zero-order valence-corrected chi connectivity index (χ0v) is 22.4. The summed E-state index contributed by atoms with van der Waals surface area (Å²) in [5, 5.41) is 8.78. The monoisotopic (exact) mass is 531 g/mol. The first-order valence-corrected chi connectivity index (χ1v) is 13.6. The van der Waals surface area contributed by atoms with Gasteiger partial charge < -0.3 is 19.4 Å². The Hall–Kier alpha value is -1.84. The zero-order chi connectivity index (χ0) is 27.6. The second kappa shape index (κ2) is 9.42. The molecule has 1 N–H and O–H groups in total. The minimum atomic E-state index is -5.19. The molecule has 9 atom stereocenters. The fourth-order valence-electron chi connectivity index (χ4n) is 9.98. The third kappa shape index (κ3) is 4.07. The Kier molecular flexibility index (Phi) is 7.17. The number of quaternary nitrogens is 1. The number of carbonyl (C=O) groups excluding carboxylic acids is 3. The average molecular weight is 532 g/mol. The summed E-state index contributed by atoms with van der Waals surface area (Å²) in [5.41, 5.74) is 0.136. The van der Waals surface area contributed by atoms with Crippen LogP contribution in [-0.2, 0) is 23.9 Å². The molecule has 210 valence electrons. The normalized spacial score (nSPS) is 43.1. The summed E-state index contributed by atoms with van der Waals surface area (Å²) < 4.78 is 43.0. The lowest BCUT2D eigenvalue weighted by atomic mass is 9.31.